The first-order valence-corrected chi connectivity index (χ1v) is 11.8. The van der Waals surface area contributed by atoms with E-state index in [2.05, 4.69) is 31.0 Å². The Hall–Kier alpha value is -1.81. The molecule has 3 aromatic rings. The van der Waals surface area contributed by atoms with Crippen LogP contribution >= 0.6 is 11.3 Å². The van der Waals surface area contributed by atoms with Gasteiger partial charge in [-0.15, -0.1) is 11.3 Å². The summed E-state index contributed by atoms with van der Waals surface area (Å²) in [6.45, 7) is 4.36. The molecule has 0 radical (unpaired) electrons. The molecular formula is C25H31F2NS. The number of thiazole rings is 1. The van der Waals surface area contributed by atoms with Gasteiger partial charge < -0.3 is 0 Å². The fourth-order valence-electron chi connectivity index (χ4n) is 3.67. The molecule has 0 spiro atoms. The number of fused-ring (bicyclic) bond motifs is 1. The first kappa shape index (κ1) is 21.9. The zero-order valence-corrected chi connectivity index (χ0v) is 18.4. The molecule has 0 bridgehead atoms. The second-order valence-corrected chi connectivity index (χ2v) is 8.88. The van der Waals surface area contributed by atoms with Gasteiger partial charge in [0.05, 0.1) is 4.70 Å². The molecule has 0 atom stereocenters. The van der Waals surface area contributed by atoms with Gasteiger partial charge in [0, 0.05) is 5.56 Å². The number of hydrogen-bond acceptors (Lipinski definition) is 2. The first-order chi connectivity index (χ1) is 14.1. The van der Waals surface area contributed by atoms with E-state index in [0.717, 1.165) is 47.4 Å². The zero-order chi connectivity index (χ0) is 20.6. The third-order valence-corrected chi connectivity index (χ3v) is 6.51. The minimum atomic E-state index is -0.803. The van der Waals surface area contributed by atoms with Crippen LogP contribution in [-0.4, -0.2) is 4.98 Å². The Labute approximate surface area is 177 Å². The van der Waals surface area contributed by atoms with Gasteiger partial charge >= 0.3 is 0 Å². The SMILES string of the molecule is CCCCCCc1ccc(-c2nc3c(F)c(F)c(CCCCCC)cc3s2)cc1. The van der Waals surface area contributed by atoms with Gasteiger partial charge in [-0.1, -0.05) is 76.6 Å². The third kappa shape index (κ3) is 5.63. The van der Waals surface area contributed by atoms with Crippen LogP contribution in [-0.2, 0) is 12.8 Å². The molecular weight excluding hydrogens is 384 g/mol. The topological polar surface area (TPSA) is 12.9 Å². The van der Waals surface area contributed by atoms with Crippen LogP contribution in [0.5, 0.6) is 0 Å². The molecule has 0 N–H and O–H groups in total. The second kappa shape index (κ2) is 10.8. The maximum absolute atomic E-state index is 14.6. The molecule has 1 nitrogen and oxygen atoms in total. The van der Waals surface area contributed by atoms with E-state index in [-0.39, 0.29) is 5.52 Å². The third-order valence-electron chi connectivity index (χ3n) is 5.46. The summed E-state index contributed by atoms with van der Waals surface area (Å²) in [6.07, 6.45) is 10.9. The molecule has 0 saturated carbocycles. The van der Waals surface area contributed by atoms with Gasteiger partial charge in [0.1, 0.15) is 10.5 Å². The lowest BCUT2D eigenvalue weighted by Gasteiger charge is -2.04. The molecule has 0 saturated heterocycles. The summed E-state index contributed by atoms with van der Waals surface area (Å²) in [5.41, 5.74) is 2.91. The number of nitrogens with zero attached hydrogens (tertiary/aromatic N) is 1. The van der Waals surface area contributed by atoms with Crippen LogP contribution in [0.2, 0.25) is 0 Å². The summed E-state index contributed by atoms with van der Waals surface area (Å²) < 4.78 is 29.8. The molecule has 0 aliphatic carbocycles. The predicted molar refractivity (Wildman–Crippen MR) is 121 cm³/mol. The van der Waals surface area contributed by atoms with Crippen LogP contribution < -0.4 is 0 Å². The predicted octanol–water partition coefficient (Wildman–Crippen LogP) is 8.49. The number of halogens is 2. The molecule has 2 aromatic carbocycles. The average molecular weight is 416 g/mol. The molecule has 1 heterocycles. The molecule has 0 fully saturated rings. The van der Waals surface area contributed by atoms with E-state index in [1.807, 2.05) is 12.1 Å². The molecule has 0 unspecified atom stereocenters. The monoisotopic (exact) mass is 415 g/mol. The fourth-order valence-corrected chi connectivity index (χ4v) is 4.70. The number of aromatic nitrogens is 1. The minimum absolute atomic E-state index is 0.156. The molecule has 0 aliphatic heterocycles. The molecule has 4 heteroatoms. The van der Waals surface area contributed by atoms with Gasteiger partial charge in [-0.2, -0.15) is 0 Å². The fraction of sp³-hybridized carbons (Fsp3) is 0.480. The summed E-state index contributed by atoms with van der Waals surface area (Å²) in [4.78, 5) is 4.41. The summed E-state index contributed by atoms with van der Waals surface area (Å²) in [5.74, 6) is -1.53. The van der Waals surface area contributed by atoms with Gasteiger partial charge in [-0.3, -0.25) is 0 Å². The van der Waals surface area contributed by atoms with Crippen molar-refractivity contribution in [1.82, 2.24) is 4.98 Å². The smallest absolute Gasteiger partial charge is 0.186 e. The lowest BCUT2D eigenvalue weighted by Crippen LogP contribution is -1.96. The largest absolute Gasteiger partial charge is 0.233 e. The number of rotatable bonds is 11. The summed E-state index contributed by atoms with van der Waals surface area (Å²) >= 11 is 1.44. The van der Waals surface area contributed by atoms with Crippen molar-refractivity contribution in [3.05, 3.63) is 53.1 Å². The lowest BCUT2D eigenvalue weighted by atomic mass is 10.0. The van der Waals surface area contributed by atoms with E-state index in [1.165, 1.54) is 42.6 Å². The second-order valence-electron chi connectivity index (χ2n) is 7.85. The highest BCUT2D eigenvalue weighted by Gasteiger charge is 2.18. The van der Waals surface area contributed by atoms with E-state index in [4.69, 9.17) is 0 Å². The normalized spacial score (nSPS) is 11.4. The Morgan fingerprint density at radius 3 is 2.10 bits per heavy atom. The van der Waals surface area contributed by atoms with Crippen molar-refractivity contribution in [1.29, 1.82) is 0 Å². The summed E-state index contributed by atoms with van der Waals surface area (Å²) in [5, 5.41) is 0.749. The van der Waals surface area contributed by atoms with Crippen molar-refractivity contribution in [3.8, 4) is 10.6 Å². The van der Waals surface area contributed by atoms with Crippen molar-refractivity contribution < 1.29 is 8.78 Å². The van der Waals surface area contributed by atoms with Gasteiger partial charge in [-0.25, -0.2) is 13.8 Å². The number of hydrogen-bond donors (Lipinski definition) is 0. The number of aryl methyl sites for hydroxylation is 2. The van der Waals surface area contributed by atoms with Crippen LogP contribution in [0.1, 0.15) is 76.3 Å². The molecule has 0 aliphatic rings. The van der Waals surface area contributed by atoms with Crippen LogP contribution in [0, 0.1) is 11.6 Å². The van der Waals surface area contributed by atoms with E-state index in [9.17, 15) is 8.78 Å². The maximum atomic E-state index is 14.6. The molecule has 1 aromatic heterocycles. The number of unbranched alkanes of at least 4 members (excludes halogenated alkanes) is 6. The van der Waals surface area contributed by atoms with Crippen molar-refractivity contribution in [3.63, 3.8) is 0 Å². The van der Waals surface area contributed by atoms with Crippen LogP contribution in [0.3, 0.4) is 0 Å². The van der Waals surface area contributed by atoms with Crippen LogP contribution in [0.4, 0.5) is 8.78 Å². The van der Waals surface area contributed by atoms with Crippen molar-refractivity contribution in [2.24, 2.45) is 0 Å². The van der Waals surface area contributed by atoms with Crippen molar-refractivity contribution >= 4 is 21.6 Å². The Bertz CT molecular complexity index is 915. The lowest BCUT2D eigenvalue weighted by molar-refractivity contribution is 0.502. The quantitative estimate of drug-likeness (QED) is 0.286. The Morgan fingerprint density at radius 1 is 0.793 bits per heavy atom. The van der Waals surface area contributed by atoms with E-state index in [1.54, 1.807) is 6.07 Å². The molecule has 29 heavy (non-hydrogen) atoms. The highest BCUT2D eigenvalue weighted by Crippen LogP contribution is 2.34. The zero-order valence-electron chi connectivity index (χ0n) is 17.6. The van der Waals surface area contributed by atoms with Crippen LogP contribution in [0.15, 0.2) is 30.3 Å². The maximum Gasteiger partial charge on any atom is 0.186 e. The van der Waals surface area contributed by atoms with Crippen LogP contribution in [0.25, 0.3) is 20.8 Å². The van der Waals surface area contributed by atoms with Gasteiger partial charge in [-0.05, 0) is 42.9 Å². The van der Waals surface area contributed by atoms with Crippen molar-refractivity contribution in [2.45, 2.75) is 78.1 Å². The van der Waals surface area contributed by atoms with Gasteiger partial charge in [0.25, 0.3) is 0 Å². The van der Waals surface area contributed by atoms with Gasteiger partial charge in [0.2, 0.25) is 0 Å². The molecule has 3 rings (SSSR count). The Kier molecular flexibility index (Phi) is 8.17. The van der Waals surface area contributed by atoms with E-state index >= 15 is 0 Å². The van der Waals surface area contributed by atoms with Crippen molar-refractivity contribution in [2.75, 3.05) is 0 Å². The van der Waals surface area contributed by atoms with Gasteiger partial charge in [0.15, 0.2) is 11.6 Å². The summed E-state index contributed by atoms with van der Waals surface area (Å²) in [7, 11) is 0. The standard InChI is InChI=1S/C25H31F2NS/c1-3-5-7-9-11-18-13-15-19(16-14-18)25-28-24-21(29-25)17-20(22(26)23(24)27)12-10-8-6-4-2/h13-17H,3-12H2,1-2H3. The Morgan fingerprint density at radius 2 is 1.45 bits per heavy atom. The Balaban J connectivity index is 1.75. The van der Waals surface area contributed by atoms with E-state index < -0.39 is 11.6 Å². The highest BCUT2D eigenvalue weighted by molar-refractivity contribution is 7.21. The number of benzene rings is 2. The minimum Gasteiger partial charge on any atom is -0.233 e. The first-order valence-electron chi connectivity index (χ1n) is 11.0. The highest BCUT2D eigenvalue weighted by atomic mass is 32.1. The summed E-state index contributed by atoms with van der Waals surface area (Å²) in [6, 6.07) is 10.1. The average Bonchev–Trinajstić information content (AvgIpc) is 3.17. The van der Waals surface area contributed by atoms with E-state index in [0.29, 0.717) is 12.0 Å². The molecule has 0 amide bonds. The molecule has 156 valence electrons.